The van der Waals surface area contributed by atoms with E-state index < -0.39 is 23.8 Å². The first-order chi connectivity index (χ1) is 15.2. The number of rotatable bonds is 6. The minimum atomic E-state index is -3.65. The molecule has 3 rings (SSSR count). The molecule has 1 aromatic carbocycles. The Balaban J connectivity index is 1.99. The minimum absolute atomic E-state index is 0.0530. The standard InChI is InChI=1S/C25H38N2O4SSi/c1-8-25-18-27(32(29,30)22-12-10-9-11-13-22)15-14-20(25)16-21(17-23(25)26-19(2)28)31-33(6,7)24(3,4)5/h8-13,17,20,23H,1,14-16,18H2,2-7H3,(H,26,28)/t20-,23-,25-/m0/s1. The summed E-state index contributed by atoms with van der Waals surface area (Å²) in [5, 5.41) is 3.12. The largest absolute Gasteiger partial charge is 0.547 e. The zero-order valence-corrected chi connectivity index (χ0v) is 22.5. The maximum absolute atomic E-state index is 13.4. The zero-order chi connectivity index (χ0) is 24.7. The van der Waals surface area contributed by atoms with E-state index in [4.69, 9.17) is 4.43 Å². The van der Waals surface area contributed by atoms with Gasteiger partial charge in [0.25, 0.3) is 0 Å². The van der Waals surface area contributed by atoms with Gasteiger partial charge in [0.05, 0.1) is 16.7 Å². The van der Waals surface area contributed by atoms with E-state index in [9.17, 15) is 13.2 Å². The van der Waals surface area contributed by atoms with Crippen molar-refractivity contribution < 1.29 is 17.6 Å². The quantitative estimate of drug-likeness (QED) is 0.464. The molecular weight excluding hydrogens is 452 g/mol. The number of piperidine rings is 1. The van der Waals surface area contributed by atoms with Gasteiger partial charge >= 0.3 is 0 Å². The lowest BCUT2D eigenvalue weighted by Gasteiger charge is -2.53. The minimum Gasteiger partial charge on any atom is -0.547 e. The molecule has 1 aliphatic heterocycles. The topological polar surface area (TPSA) is 75.7 Å². The Bertz CT molecular complexity index is 1030. The molecule has 6 nitrogen and oxygen atoms in total. The smallest absolute Gasteiger partial charge is 0.250 e. The van der Waals surface area contributed by atoms with Crippen molar-refractivity contribution in [2.45, 2.75) is 69.6 Å². The number of carbonyl (C=O) groups excluding carboxylic acids is 1. The average Bonchev–Trinajstić information content (AvgIpc) is 2.72. The molecule has 1 saturated heterocycles. The molecule has 33 heavy (non-hydrogen) atoms. The Morgan fingerprint density at radius 3 is 2.45 bits per heavy atom. The first-order valence-corrected chi connectivity index (χ1v) is 15.9. The van der Waals surface area contributed by atoms with E-state index in [1.807, 2.05) is 12.2 Å². The molecule has 0 aromatic heterocycles. The third-order valence-corrected chi connectivity index (χ3v) is 13.9. The molecule has 1 fully saturated rings. The van der Waals surface area contributed by atoms with Crippen molar-refractivity contribution in [2.24, 2.45) is 11.3 Å². The number of hydrogen-bond acceptors (Lipinski definition) is 4. The number of hydrogen-bond donors (Lipinski definition) is 1. The molecule has 0 bridgehead atoms. The van der Waals surface area contributed by atoms with Crippen LogP contribution in [-0.2, 0) is 19.2 Å². The monoisotopic (exact) mass is 490 g/mol. The van der Waals surface area contributed by atoms with Gasteiger partial charge in [0.15, 0.2) is 0 Å². The molecule has 8 heteroatoms. The summed E-state index contributed by atoms with van der Waals surface area (Å²) in [6.07, 6.45) is 5.24. The van der Waals surface area contributed by atoms with Crippen LogP contribution in [0.4, 0.5) is 0 Å². The van der Waals surface area contributed by atoms with Crippen LogP contribution in [0.5, 0.6) is 0 Å². The van der Waals surface area contributed by atoms with E-state index in [0.29, 0.717) is 19.4 Å². The van der Waals surface area contributed by atoms with Crippen LogP contribution in [0.1, 0.15) is 40.5 Å². The molecule has 1 N–H and O–H groups in total. The molecule has 0 unspecified atom stereocenters. The van der Waals surface area contributed by atoms with Gasteiger partial charge in [-0.15, -0.1) is 6.58 Å². The third kappa shape index (κ3) is 4.98. The molecule has 182 valence electrons. The molecule has 1 heterocycles. The first-order valence-electron chi connectivity index (χ1n) is 11.6. The van der Waals surface area contributed by atoms with Crippen molar-refractivity contribution in [3.63, 3.8) is 0 Å². The lowest BCUT2D eigenvalue weighted by atomic mass is 9.62. The molecule has 3 atom stereocenters. The number of fused-ring (bicyclic) bond motifs is 1. The van der Waals surface area contributed by atoms with Crippen LogP contribution in [-0.4, -0.2) is 46.1 Å². The van der Waals surface area contributed by atoms with Crippen molar-refractivity contribution >= 4 is 24.2 Å². The van der Waals surface area contributed by atoms with Gasteiger partial charge in [0.2, 0.25) is 24.2 Å². The molecule has 1 amide bonds. The SMILES string of the molecule is C=C[C@]12CN(S(=O)(=O)c3ccccc3)CC[C@H]1CC(O[Si](C)(C)C(C)(C)C)=C[C@@H]2NC(C)=O. The van der Waals surface area contributed by atoms with Crippen LogP contribution >= 0.6 is 0 Å². The van der Waals surface area contributed by atoms with Gasteiger partial charge in [0, 0.05) is 31.8 Å². The van der Waals surface area contributed by atoms with Gasteiger partial charge in [-0.1, -0.05) is 45.0 Å². The van der Waals surface area contributed by atoms with E-state index in [-0.39, 0.29) is 34.3 Å². The van der Waals surface area contributed by atoms with Crippen LogP contribution in [0.25, 0.3) is 0 Å². The van der Waals surface area contributed by atoms with Gasteiger partial charge in [-0.05, 0) is 48.7 Å². The summed E-state index contributed by atoms with van der Waals surface area (Å²) in [4.78, 5) is 12.4. The second-order valence-corrected chi connectivity index (χ2v) is 17.5. The number of amides is 1. The third-order valence-electron chi connectivity index (χ3n) is 7.63. The predicted octanol–water partition coefficient (Wildman–Crippen LogP) is 4.68. The fourth-order valence-electron chi connectivity index (χ4n) is 4.63. The van der Waals surface area contributed by atoms with Gasteiger partial charge in [0.1, 0.15) is 0 Å². The Morgan fingerprint density at radius 1 is 1.27 bits per heavy atom. The number of sulfonamides is 1. The van der Waals surface area contributed by atoms with Crippen molar-refractivity contribution in [1.29, 1.82) is 0 Å². The van der Waals surface area contributed by atoms with Crippen molar-refractivity contribution in [3.8, 4) is 0 Å². The lowest BCUT2D eigenvalue weighted by molar-refractivity contribution is -0.120. The van der Waals surface area contributed by atoms with Gasteiger partial charge in [-0.3, -0.25) is 4.79 Å². The second-order valence-electron chi connectivity index (χ2n) is 10.8. The van der Waals surface area contributed by atoms with E-state index in [0.717, 1.165) is 5.76 Å². The van der Waals surface area contributed by atoms with Crippen molar-refractivity contribution in [3.05, 3.63) is 54.8 Å². The van der Waals surface area contributed by atoms with Crippen LogP contribution < -0.4 is 5.32 Å². The Labute approximate surface area is 200 Å². The molecule has 1 aromatic rings. The highest BCUT2D eigenvalue weighted by molar-refractivity contribution is 7.89. The Morgan fingerprint density at radius 2 is 1.91 bits per heavy atom. The number of nitrogens with zero attached hydrogens (tertiary/aromatic N) is 1. The summed E-state index contributed by atoms with van der Waals surface area (Å²) in [5.74, 6) is 0.869. The van der Waals surface area contributed by atoms with Crippen LogP contribution in [0.3, 0.4) is 0 Å². The fourth-order valence-corrected chi connectivity index (χ4v) is 7.29. The average molecular weight is 491 g/mol. The van der Waals surface area contributed by atoms with Crippen molar-refractivity contribution in [1.82, 2.24) is 9.62 Å². The van der Waals surface area contributed by atoms with Crippen LogP contribution in [0.2, 0.25) is 18.1 Å². The summed E-state index contributed by atoms with van der Waals surface area (Å²) in [7, 11) is -5.70. The van der Waals surface area contributed by atoms with Crippen LogP contribution in [0.15, 0.2) is 59.7 Å². The molecule has 1 aliphatic carbocycles. The van der Waals surface area contributed by atoms with E-state index >= 15 is 0 Å². The molecule has 0 spiro atoms. The van der Waals surface area contributed by atoms with Gasteiger partial charge in [-0.25, -0.2) is 8.42 Å². The molecular formula is C25H38N2O4SSi. The van der Waals surface area contributed by atoms with Crippen molar-refractivity contribution in [2.75, 3.05) is 13.1 Å². The summed E-state index contributed by atoms with van der Waals surface area (Å²) >= 11 is 0. The summed E-state index contributed by atoms with van der Waals surface area (Å²) in [6, 6.07) is 8.13. The van der Waals surface area contributed by atoms with E-state index in [1.54, 1.807) is 34.6 Å². The maximum atomic E-state index is 13.4. The lowest BCUT2D eigenvalue weighted by Crippen LogP contribution is -2.60. The Hall–Kier alpha value is -1.90. The number of allylic oxidation sites excluding steroid dienone is 1. The highest BCUT2D eigenvalue weighted by Crippen LogP contribution is 2.49. The number of nitrogens with one attached hydrogen (secondary N) is 1. The second kappa shape index (κ2) is 9.04. The molecule has 0 saturated carbocycles. The Kier molecular flexibility index (Phi) is 7.04. The van der Waals surface area contributed by atoms with Gasteiger partial charge < -0.3 is 9.74 Å². The van der Waals surface area contributed by atoms with Crippen LogP contribution in [0, 0.1) is 11.3 Å². The van der Waals surface area contributed by atoms with E-state index in [1.165, 1.54) is 6.92 Å². The first kappa shape index (κ1) is 25.7. The normalized spacial score (nSPS) is 26.7. The predicted molar refractivity (Wildman–Crippen MR) is 135 cm³/mol. The zero-order valence-electron chi connectivity index (χ0n) is 20.7. The summed E-state index contributed by atoms with van der Waals surface area (Å²) in [6.45, 7) is 17.3. The highest BCUT2D eigenvalue weighted by atomic mass is 32.2. The molecule has 0 radical (unpaired) electrons. The van der Waals surface area contributed by atoms with Gasteiger partial charge in [-0.2, -0.15) is 4.31 Å². The highest BCUT2D eigenvalue weighted by Gasteiger charge is 2.52. The fraction of sp³-hybridized carbons (Fsp3) is 0.560. The number of carbonyl (C=O) groups is 1. The number of benzene rings is 1. The van der Waals surface area contributed by atoms with E-state index in [2.05, 4.69) is 45.8 Å². The molecule has 2 aliphatic rings. The summed E-state index contributed by atoms with van der Waals surface area (Å²) < 4.78 is 34.9. The summed E-state index contributed by atoms with van der Waals surface area (Å²) in [5.41, 5.74) is -0.605. The maximum Gasteiger partial charge on any atom is 0.250 e.